The second-order valence-electron chi connectivity index (χ2n) is 4.78. The van der Waals surface area contributed by atoms with Crippen LogP contribution in [0.25, 0.3) is 11.1 Å². The smallest absolute Gasteiger partial charge is 0.0755 e. The second-order valence-corrected chi connectivity index (χ2v) is 6.96. The van der Waals surface area contributed by atoms with Gasteiger partial charge in [0, 0.05) is 10.9 Å². The van der Waals surface area contributed by atoms with Crippen molar-refractivity contribution in [3.8, 4) is 11.1 Å². The molecule has 4 rings (SSSR count). The molecule has 0 saturated heterocycles. The molecule has 0 saturated carbocycles. The lowest BCUT2D eigenvalue weighted by Gasteiger charge is -2.25. The van der Waals surface area contributed by atoms with Gasteiger partial charge in [-0.3, -0.25) is 0 Å². The Hall–Kier alpha value is -0.990. The van der Waals surface area contributed by atoms with Crippen molar-refractivity contribution in [3.63, 3.8) is 0 Å². The molecule has 1 heterocycles. The number of halogens is 1. The van der Waals surface area contributed by atoms with Gasteiger partial charge in [0.15, 0.2) is 0 Å². The Morgan fingerprint density at radius 2 is 1.44 bits per heavy atom. The first-order chi connectivity index (χ1) is 8.81. The highest BCUT2D eigenvalue weighted by atomic mass is 79.9. The number of hydrogen-bond acceptors (Lipinski definition) is 1. The maximum atomic E-state index is 3.67. The van der Waals surface area contributed by atoms with Crippen molar-refractivity contribution < 1.29 is 0 Å². The average Bonchev–Trinajstić information content (AvgIpc) is 2.93. The Kier molecular flexibility index (Phi) is 2.27. The number of benzene rings is 2. The number of rotatable bonds is 0. The quantitative estimate of drug-likeness (QED) is 0.637. The van der Waals surface area contributed by atoms with Gasteiger partial charge < -0.3 is 0 Å². The Labute approximate surface area is 119 Å². The number of allylic oxidation sites excluding steroid dienone is 1. The topological polar surface area (TPSA) is 0 Å². The van der Waals surface area contributed by atoms with E-state index in [9.17, 15) is 0 Å². The van der Waals surface area contributed by atoms with E-state index < -0.39 is 0 Å². The molecule has 2 aromatic carbocycles. The van der Waals surface area contributed by atoms with Gasteiger partial charge in [-0.05, 0) is 27.7 Å². The van der Waals surface area contributed by atoms with Crippen molar-refractivity contribution in [2.75, 3.05) is 0 Å². The van der Waals surface area contributed by atoms with Gasteiger partial charge >= 0.3 is 0 Å². The molecule has 18 heavy (non-hydrogen) atoms. The monoisotopic (exact) mass is 314 g/mol. The Bertz CT molecular complexity index is 627. The van der Waals surface area contributed by atoms with Crippen LogP contribution in [0.15, 0.2) is 58.4 Å². The zero-order chi connectivity index (χ0) is 12.2. The van der Waals surface area contributed by atoms with Crippen molar-refractivity contribution in [1.82, 2.24) is 0 Å². The molecule has 0 unspecified atom stereocenters. The predicted octanol–water partition coefficient (Wildman–Crippen LogP) is 5.28. The van der Waals surface area contributed by atoms with Gasteiger partial charge in [0.25, 0.3) is 0 Å². The molecule has 0 amide bonds. The maximum Gasteiger partial charge on any atom is 0.0755 e. The average molecular weight is 315 g/mol. The van der Waals surface area contributed by atoms with Crippen molar-refractivity contribution in [1.29, 1.82) is 0 Å². The van der Waals surface area contributed by atoms with E-state index in [1.165, 1.54) is 26.7 Å². The van der Waals surface area contributed by atoms with E-state index in [0.29, 0.717) is 0 Å². The minimum absolute atomic E-state index is 0.103. The normalized spacial score (nSPS) is 18.6. The summed E-state index contributed by atoms with van der Waals surface area (Å²) in [5, 5.41) is 2.25. The lowest BCUT2D eigenvalue weighted by atomic mass is 9.93. The highest BCUT2D eigenvalue weighted by molar-refractivity contribution is 9.11. The third-order valence-electron chi connectivity index (χ3n) is 3.82. The molecule has 0 atom stereocenters. The van der Waals surface area contributed by atoms with Crippen LogP contribution in [0.2, 0.25) is 0 Å². The van der Waals surface area contributed by atoms with Gasteiger partial charge in [-0.2, -0.15) is 0 Å². The summed E-state index contributed by atoms with van der Waals surface area (Å²) in [6.07, 6.45) is 1.06. The number of hydrogen-bond donors (Lipinski definition) is 0. The summed E-state index contributed by atoms with van der Waals surface area (Å²) in [5.41, 5.74) is 5.72. The van der Waals surface area contributed by atoms with Crippen LogP contribution in [0.1, 0.15) is 17.5 Å². The molecule has 1 aliphatic heterocycles. The third-order valence-corrected chi connectivity index (χ3v) is 6.02. The molecule has 2 aliphatic rings. The first-order valence-corrected chi connectivity index (χ1v) is 7.70. The van der Waals surface area contributed by atoms with Crippen LogP contribution in [0.4, 0.5) is 0 Å². The minimum atomic E-state index is 0.103. The van der Waals surface area contributed by atoms with Crippen LogP contribution in [-0.4, -0.2) is 0 Å². The first-order valence-electron chi connectivity index (χ1n) is 6.03. The Balaban J connectivity index is 2.05. The largest absolute Gasteiger partial charge is 0.116 e. The molecule has 0 radical (unpaired) electrons. The fraction of sp³-hybridized carbons (Fsp3) is 0.125. The lowest BCUT2D eigenvalue weighted by molar-refractivity contribution is 0.788. The fourth-order valence-corrected chi connectivity index (χ4v) is 5.24. The van der Waals surface area contributed by atoms with Gasteiger partial charge in [0.2, 0.25) is 0 Å². The van der Waals surface area contributed by atoms with Crippen LogP contribution >= 0.6 is 27.7 Å². The molecule has 1 spiro atoms. The van der Waals surface area contributed by atoms with Crippen molar-refractivity contribution in [2.45, 2.75) is 11.2 Å². The standard InChI is InChI=1S/C16H11BrS/c17-11-9-16(18-10-11)14-7-3-1-5-12(14)13-6-2-4-8-15(13)16/h1-8,10H,9H2. The highest BCUT2D eigenvalue weighted by Crippen LogP contribution is 2.61. The fourth-order valence-electron chi connectivity index (χ4n) is 3.09. The van der Waals surface area contributed by atoms with Crippen LogP contribution in [0.5, 0.6) is 0 Å². The molecule has 2 aromatic rings. The van der Waals surface area contributed by atoms with E-state index >= 15 is 0 Å². The molecular formula is C16H11BrS. The molecule has 2 heteroatoms. The molecule has 0 nitrogen and oxygen atoms in total. The van der Waals surface area contributed by atoms with Crippen LogP contribution in [-0.2, 0) is 4.75 Å². The maximum absolute atomic E-state index is 3.67. The van der Waals surface area contributed by atoms with Gasteiger partial charge in [-0.1, -0.05) is 64.5 Å². The van der Waals surface area contributed by atoms with E-state index in [1.54, 1.807) is 0 Å². The summed E-state index contributed by atoms with van der Waals surface area (Å²) in [4.78, 5) is 0. The van der Waals surface area contributed by atoms with Gasteiger partial charge in [0.05, 0.1) is 4.75 Å². The van der Waals surface area contributed by atoms with E-state index in [1.807, 2.05) is 11.8 Å². The molecule has 1 aliphatic carbocycles. The highest BCUT2D eigenvalue weighted by Gasteiger charge is 2.45. The minimum Gasteiger partial charge on any atom is -0.116 e. The summed E-state index contributed by atoms with van der Waals surface area (Å²) >= 11 is 5.60. The summed E-state index contributed by atoms with van der Waals surface area (Å²) < 4.78 is 1.41. The summed E-state index contributed by atoms with van der Waals surface area (Å²) in [5.74, 6) is 0. The molecule has 0 N–H and O–H groups in total. The predicted molar refractivity (Wildman–Crippen MR) is 81.9 cm³/mol. The van der Waals surface area contributed by atoms with Crippen molar-refractivity contribution in [2.24, 2.45) is 0 Å². The van der Waals surface area contributed by atoms with Gasteiger partial charge in [0.1, 0.15) is 0 Å². The Morgan fingerprint density at radius 1 is 0.889 bits per heavy atom. The van der Waals surface area contributed by atoms with Crippen LogP contribution in [0.3, 0.4) is 0 Å². The van der Waals surface area contributed by atoms with Gasteiger partial charge in [-0.15, -0.1) is 11.8 Å². The molecule has 0 bridgehead atoms. The van der Waals surface area contributed by atoms with E-state index in [4.69, 9.17) is 0 Å². The SMILES string of the molecule is BrC1=CSC2(C1)c1ccccc1-c1ccccc12. The lowest BCUT2D eigenvalue weighted by Crippen LogP contribution is -2.17. The Morgan fingerprint density at radius 3 is 1.94 bits per heavy atom. The third kappa shape index (κ3) is 1.28. The molecular weight excluding hydrogens is 304 g/mol. The molecule has 0 fully saturated rings. The first kappa shape index (κ1) is 10.9. The zero-order valence-electron chi connectivity index (χ0n) is 9.69. The van der Waals surface area contributed by atoms with Crippen molar-refractivity contribution >= 4 is 27.7 Å². The van der Waals surface area contributed by atoms with Crippen molar-refractivity contribution in [3.05, 3.63) is 69.5 Å². The van der Waals surface area contributed by atoms with Crippen LogP contribution < -0.4 is 0 Å². The number of thioether (sulfide) groups is 1. The number of fused-ring (bicyclic) bond motifs is 5. The van der Waals surface area contributed by atoms with E-state index in [0.717, 1.165) is 6.42 Å². The summed E-state index contributed by atoms with van der Waals surface area (Å²) in [6, 6.07) is 17.6. The summed E-state index contributed by atoms with van der Waals surface area (Å²) in [6.45, 7) is 0. The van der Waals surface area contributed by atoms with E-state index in [2.05, 4.69) is 69.9 Å². The molecule has 88 valence electrons. The zero-order valence-corrected chi connectivity index (χ0v) is 12.1. The van der Waals surface area contributed by atoms with E-state index in [-0.39, 0.29) is 4.75 Å². The van der Waals surface area contributed by atoms with Crippen LogP contribution in [0, 0.1) is 0 Å². The molecule has 0 aromatic heterocycles. The summed E-state index contributed by atoms with van der Waals surface area (Å²) in [7, 11) is 0. The van der Waals surface area contributed by atoms with Gasteiger partial charge in [-0.25, -0.2) is 0 Å². The second kappa shape index (κ2) is 3.75.